The highest BCUT2D eigenvalue weighted by Gasteiger charge is 2.29. The number of rotatable bonds is 40. The van der Waals surface area contributed by atoms with Crippen LogP contribution in [-0.4, -0.2) is 79.8 Å². The van der Waals surface area contributed by atoms with Crippen molar-refractivity contribution in [1.82, 2.24) is 5.32 Å². The third kappa shape index (κ3) is 40.8. The summed E-state index contributed by atoms with van der Waals surface area (Å²) in [5.74, 6) is -0.305. The van der Waals surface area contributed by atoms with Gasteiger partial charge in [-0.15, -0.1) is 0 Å². The van der Waals surface area contributed by atoms with E-state index in [0.29, 0.717) is 30.3 Å². The zero-order chi connectivity index (χ0) is 43.7. The van der Waals surface area contributed by atoms with Crippen molar-refractivity contribution in [3.8, 4) is 0 Å². The topological polar surface area (TPSA) is 128 Å². The summed E-state index contributed by atoms with van der Waals surface area (Å²) in [6, 6.07) is -1.11. The lowest BCUT2D eigenvalue weighted by molar-refractivity contribution is -0.870. The maximum Gasteiger partial charge on any atom is 0.268 e. The Balaban J connectivity index is 4.44. The number of amides is 1. The molecule has 0 rings (SSSR count). The van der Waals surface area contributed by atoms with Gasteiger partial charge in [0.2, 0.25) is 5.91 Å². The Hall–Kier alpha value is -2.36. The van der Waals surface area contributed by atoms with E-state index in [1.54, 1.807) is 0 Å². The van der Waals surface area contributed by atoms with Crippen LogP contribution in [0.15, 0.2) is 85.1 Å². The minimum atomic E-state index is -4.68. The van der Waals surface area contributed by atoms with Gasteiger partial charge in [-0.25, -0.2) is 0 Å². The third-order valence-corrected chi connectivity index (χ3v) is 10.7. The average Bonchev–Trinajstić information content (AvgIpc) is 3.19. The molecule has 9 nitrogen and oxygen atoms in total. The number of aliphatic hydroxyl groups is 2. The molecular weight excluding hydrogens is 760 g/mol. The summed E-state index contributed by atoms with van der Waals surface area (Å²) in [7, 11) is 1.07. The Morgan fingerprint density at radius 2 is 1.10 bits per heavy atom. The highest BCUT2D eigenvalue weighted by atomic mass is 31.2. The highest BCUT2D eigenvalue weighted by molar-refractivity contribution is 7.45. The van der Waals surface area contributed by atoms with Crippen molar-refractivity contribution in [1.29, 1.82) is 0 Å². The Morgan fingerprint density at radius 3 is 1.64 bits per heavy atom. The molecule has 0 aliphatic heterocycles. The molecule has 10 heteroatoms. The van der Waals surface area contributed by atoms with E-state index in [4.69, 9.17) is 9.05 Å². The number of aliphatic hydroxyl groups excluding tert-OH is 2. The number of carbonyl (C=O) groups is 1. The molecule has 59 heavy (non-hydrogen) atoms. The highest BCUT2D eigenvalue weighted by Crippen LogP contribution is 2.38. The van der Waals surface area contributed by atoms with Crippen LogP contribution in [0.25, 0.3) is 0 Å². The van der Waals surface area contributed by atoms with Gasteiger partial charge in [0.05, 0.1) is 39.9 Å². The summed E-state index contributed by atoms with van der Waals surface area (Å²) >= 11 is 0. The Labute approximate surface area is 361 Å². The van der Waals surface area contributed by atoms with E-state index in [1.807, 2.05) is 28.1 Å². The first-order valence-electron chi connectivity index (χ1n) is 23.0. The molecule has 0 saturated carbocycles. The Morgan fingerprint density at radius 1 is 0.644 bits per heavy atom. The van der Waals surface area contributed by atoms with Crippen LogP contribution in [0.2, 0.25) is 0 Å². The van der Waals surface area contributed by atoms with Crippen LogP contribution in [-0.2, 0) is 18.4 Å². The molecule has 0 aromatic rings. The molecule has 1 amide bonds. The monoisotopic (exact) mass is 847 g/mol. The second kappa shape index (κ2) is 39.8. The molecule has 0 spiro atoms. The largest absolute Gasteiger partial charge is 0.756 e. The summed E-state index contributed by atoms with van der Waals surface area (Å²) in [6.45, 7) is 4.05. The van der Waals surface area contributed by atoms with Gasteiger partial charge in [0.1, 0.15) is 19.3 Å². The number of allylic oxidation sites excluding steroid dienone is 14. The standard InChI is InChI=1S/C49H87N2O7P/c1-6-8-10-12-14-16-18-20-21-22-23-24-25-26-27-28-29-30-32-34-36-38-40-42-48(53)50-46(45-58-59(55,56)57-44-43-51(3,4)5)49(54)47(52)41-39-37-35-33-31-19-17-15-13-11-9-7-2/h7-10,14-17,20-21,23-24,33,35,46-47,49,52,54H,6,11-13,18-19,22,25-32,34,36-45H2,1-5H3,(H-,50,53,55,56)/b9-7+,10-8-,16-14-,17-15+,21-20-,24-23-,35-33+. The molecule has 0 fully saturated rings. The van der Waals surface area contributed by atoms with Gasteiger partial charge >= 0.3 is 0 Å². The number of carbonyl (C=O) groups excluding carboxylic acids is 1. The number of unbranched alkanes of at least 4 members (excludes halogenated alkanes) is 13. The van der Waals surface area contributed by atoms with Crippen molar-refractivity contribution < 1.29 is 38.0 Å². The maximum absolute atomic E-state index is 12.9. The third-order valence-electron chi connectivity index (χ3n) is 9.76. The maximum atomic E-state index is 12.9. The Bertz CT molecular complexity index is 1250. The minimum Gasteiger partial charge on any atom is -0.756 e. The van der Waals surface area contributed by atoms with Gasteiger partial charge in [-0.2, -0.15) is 0 Å². The second-order valence-corrected chi connectivity index (χ2v) is 17.9. The first-order valence-corrected chi connectivity index (χ1v) is 24.4. The van der Waals surface area contributed by atoms with Crippen LogP contribution < -0.4 is 10.2 Å². The van der Waals surface area contributed by atoms with Crippen LogP contribution in [0.3, 0.4) is 0 Å². The van der Waals surface area contributed by atoms with E-state index < -0.39 is 32.7 Å². The predicted molar refractivity (Wildman–Crippen MR) is 248 cm³/mol. The zero-order valence-electron chi connectivity index (χ0n) is 38.0. The summed E-state index contributed by atoms with van der Waals surface area (Å²) in [4.78, 5) is 25.4. The van der Waals surface area contributed by atoms with Gasteiger partial charge in [0, 0.05) is 6.42 Å². The summed E-state index contributed by atoms with van der Waals surface area (Å²) in [6.07, 6.45) is 50.7. The molecule has 0 radical (unpaired) electrons. The smallest absolute Gasteiger partial charge is 0.268 e. The number of hydrogen-bond donors (Lipinski definition) is 3. The van der Waals surface area contributed by atoms with Crippen LogP contribution >= 0.6 is 7.82 Å². The van der Waals surface area contributed by atoms with Crippen LogP contribution in [0.5, 0.6) is 0 Å². The molecule has 4 atom stereocenters. The van der Waals surface area contributed by atoms with Gasteiger partial charge in [-0.3, -0.25) is 9.36 Å². The van der Waals surface area contributed by atoms with Crippen molar-refractivity contribution in [2.45, 2.75) is 180 Å². The summed E-state index contributed by atoms with van der Waals surface area (Å²) < 4.78 is 23.1. The van der Waals surface area contributed by atoms with E-state index in [9.17, 15) is 24.5 Å². The van der Waals surface area contributed by atoms with Gasteiger partial charge < -0.3 is 34.0 Å². The van der Waals surface area contributed by atoms with Crippen molar-refractivity contribution in [3.63, 3.8) is 0 Å². The molecular formula is C49H87N2O7P. The molecule has 0 saturated heterocycles. The predicted octanol–water partition coefficient (Wildman–Crippen LogP) is 11.3. The number of phosphoric acid groups is 1. The summed E-state index contributed by atoms with van der Waals surface area (Å²) in [5.41, 5.74) is 0. The van der Waals surface area contributed by atoms with E-state index in [1.165, 1.54) is 38.5 Å². The van der Waals surface area contributed by atoms with E-state index in [2.05, 4.69) is 97.3 Å². The molecule has 0 aliphatic carbocycles. The lowest BCUT2D eigenvalue weighted by atomic mass is 10.0. The molecule has 340 valence electrons. The van der Waals surface area contributed by atoms with E-state index in [0.717, 1.165) is 83.5 Å². The van der Waals surface area contributed by atoms with Crippen molar-refractivity contribution in [2.24, 2.45) is 0 Å². The molecule has 0 aromatic carbocycles. The molecule has 3 N–H and O–H groups in total. The van der Waals surface area contributed by atoms with Crippen molar-refractivity contribution in [2.75, 3.05) is 40.9 Å². The summed E-state index contributed by atoms with van der Waals surface area (Å²) in [5, 5.41) is 24.6. The van der Waals surface area contributed by atoms with Crippen molar-refractivity contribution in [3.05, 3.63) is 85.1 Å². The van der Waals surface area contributed by atoms with Gasteiger partial charge in [0.25, 0.3) is 7.82 Å². The molecule has 0 aliphatic rings. The van der Waals surface area contributed by atoms with Gasteiger partial charge in [0.15, 0.2) is 0 Å². The second-order valence-electron chi connectivity index (χ2n) is 16.5. The van der Waals surface area contributed by atoms with Crippen LogP contribution in [0.4, 0.5) is 0 Å². The minimum absolute atomic E-state index is 0.0555. The SMILES string of the molecule is C/C=C/CC/C=C/CC/C=C/CCCC(O)C(O)C(COP(=O)([O-])OCC[N+](C)(C)C)NC(=O)CCCCCCCCCCCC/C=C\C/C=C\C/C=C\C/C=C\CC. The number of quaternary nitrogens is 1. The fourth-order valence-corrected chi connectivity index (χ4v) is 6.83. The van der Waals surface area contributed by atoms with Crippen LogP contribution in [0.1, 0.15) is 162 Å². The normalized spacial score (nSPS) is 15.6. The quantitative estimate of drug-likeness (QED) is 0.0242. The lowest BCUT2D eigenvalue weighted by Crippen LogP contribution is -2.51. The van der Waals surface area contributed by atoms with Crippen molar-refractivity contribution >= 4 is 13.7 Å². The van der Waals surface area contributed by atoms with E-state index in [-0.39, 0.29) is 18.9 Å². The molecule has 4 unspecified atom stereocenters. The fraction of sp³-hybridized carbons (Fsp3) is 0.694. The van der Waals surface area contributed by atoms with Crippen LogP contribution in [0, 0.1) is 0 Å². The Kier molecular flexibility index (Phi) is 38.2. The lowest BCUT2D eigenvalue weighted by Gasteiger charge is -2.31. The number of nitrogens with zero attached hydrogens (tertiary/aromatic N) is 1. The van der Waals surface area contributed by atoms with E-state index >= 15 is 0 Å². The first kappa shape index (κ1) is 56.6. The fourth-order valence-electron chi connectivity index (χ4n) is 6.11. The average molecular weight is 847 g/mol. The number of phosphoric ester groups is 1. The molecule has 0 heterocycles. The number of likely N-dealkylation sites (N-methyl/N-ethyl adjacent to an activating group) is 1. The zero-order valence-corrected chi connectivity index (χ0v) is 38.9. The first-order chi connectivity index (χ1) is 28.4. The number of hydrogen-bond acceptors (Lipinski definition) is 7. The molecule has 0 aromatic heterocycles. The van der Waals surface area contributed by atoms with Gasteiger partial charge in [-0.05, 0) is 96.8 Å². The molecule has 0 bridgehead atoms. The number of nitrogens with one attached hydrogen (secondary N) is 1. The van der Waals surface area contributed by atoms with Gasteiger partial charge in [-0.1, -0.05) is 143 Å².